The van der Waals surface area contributed by atoms with E-state index in [9.17, 15) is 4.79 Å². The predicted molar refractivity (Wildman–Crippen MR) is 68.5 cm³/mol. The predicted octanol–water partition coefficient (Wildman–Crippen LogP) is 2.21. The second-order valence-electron chi connectivity index (χ2n) is 4.81. The van der Waals surface area contributed by atoms with E-state index >= 15 is 0 Å². The standard InChI is InChI=1S/C13H19NO4/c1-13(2,3)18-12(15)10-7-9(14)5-6-11(10)17-8-16-4/h5-7H,8,14H2,1-4H3. The lowest BCUT2D eigenvalue weighted by Crippen LogP contribution is -2.24. The number of hydrogen-bond acceptors (Lipinski definition) is 5. The van der Waals surface area contributed by atoms with E-state index in [2.05, 4.69) is 0 Å². The summed E-state index contributed by atoms with van der Waals surface area (Å²) in [5.74, 6) is -0.0822. The second kappa shape index (κ2) is 5.73. The number of hydrogen-bond donors (Lipinski definition) is 1. The second-order valence-corrected chi connectivity index (χ2v) is 4.81. The number of nitrogens with two attached hydrogens (primary N) is 1. The molecule has 1 aromatic carbocycles. The van der Waals surface area contributed by atoms with Crippen molar-refractivity contribution in [3.05, 3.63) is 23.8 Å². The van der Waals surface area contributed by atoms with Gasteiger partial charge in [-0.15, -0.1) is 0 Å². The Bertz CT molecular complexity index is 423. The van der Waals surface area contributed by atoms with E-state index in [1.165, 1.54) is 13.2 Å². The average Bonchev–Trinajstić information content (AvgIpc) is 2.25. The lowest BCUT2D eigenvalue weighted by molar-refractivity contribution is 0.00557. The highest BCUT2D eigenvalue weighted by Crippen LogP contribution is 2.24. The van der Waals surface area contributed by atoms with Crippen molar-refractivity contribution in [1.29, 1.82) is 0 Å². The van der Waals surface area contributed by atoms with Gasteiger partial charge in [0.15, 0.2) is 6.79 Å². The van der Waals surface area contributed by atoms with Crippen LogP contribution < -0.4 is 10.5 Å². The van der Waals surface area contributed by atoms with Gasteiger partial charge in [-0.2, -0.15) is 0 Å². The Balaban J connectivity index is 2.97. The molecule has 0 atom stereocenters. The fourth-order valence-corrected chi connectivity index (χ4v) is 1.29. The first-order valence-electron chi connectivity index (χ1n) is 5.58. The zero-order valence-corrected chi connectivity index (χ0v) is 11.1. The summed E-state index contributed by atoms with van der Waals surface area (Å²) < 4.78 is 15.4. The highest BCUT2D eigenvalue weighted by Gasteiger charge is 2.21. The third-order valence-electron chi connectivity index (χ3n) is 1.95. The van der Waals surface area contributed by atoms with Gasteiger partial charge in [0.2, 0.25) is 0 Å². The van der Waals surface area contributed by atoms with Gasteiger partial charge in [0, 0.05) is 12.8 Å². The van der Waals surface area contributed by atoms with E-state index in [0.29, 0.717) is 17.0 Å². The molecule has 0 saturated heterocycles. The number of methoxy groups -OCH3 is 1. The van der Waals surface area contributed by atoms with Crippen LogP contribution in [0.2, 0.25) is 0 Å². The summed E-state index contributed by atoms with van der Waals surface area (Å²) >= 11 is 0. The number of carbonyl (C=O) groups excluding carboxylic acids is 1. The lowest BCUT2D eigenvalue weighted by atomic mass is 10.1. The van der Waals surface area contributed by atoms with Crippen LogP contribution in [0.3, 0.4) is 0 Å². The molecule has 0 bridgehead atoms. The summed E-state index contributed by atoms with van der Waals surface area (Å²) in [5.41, 5.74) is 5.86. The summed E-state index contributed by atoms with van der Waals surface area (Å²) in [6.07, 6.45) is 0. The molecule has 1 rings (SSSR count). The number of benzene rings is 1. The Hall–Kier alpha value is -1.75. The first kappa shape index (κ1) is 14.3. The third-order valence-corrected chi connectivity index (χ3v) is 1.95. The minimum atomic E-state index is -0.569. The number of nitrogen functional groups attached to an aromatic ring is 1. The number of anilines is 1. The molecule has 100 valence electrons. The molecule has 5 heteroatoms. The van der Waals surface area contributed by atoms with Crippen LogP contribution in [0.1, 0.15) is 31.1 Å². The van der Waals surface area contributed by atoms with Crippen LogP contribution >= 0.6 is 0 Å². The van der Waals surface area contributed by atoms with E-state index < -0.39 is 11.6 Å². The van der Waals surface area contributed by atoms with E-state index in [4.69, 9.17) is 19.9 Å². The van der Waals surface area contributed by atoms with Crippen LogP contribution in [0.15, 0.2) is 18.2 Å². The van der Waals surface area contributed by atoms with Gasteiger partial charge in [-0.25, -0.2) is 4.79 Å². The molecular formula is C13H19NO4. The van der Waals surface area contributed by atoms with Gasteiger partial charge in [-0.1, -0.05) is 0 Å². The van der Waals surface area contributed by atoms with E-state index in [0.717, 1.165) is 0 Å². The van der Waals surface area contributed by atoms with Crippen molar-refractivity contribution >= 4 is 11.7 Å². The summed E-state index contributed by atoms with van der Waals surface area (Å²) in [4.78, 5) is 12.0. The molecular weight excluding hydrogens is 234 g/mol. The maximum Gasteiger partial charge on any atom is 0.342 e. The van der Waals surface area contributed by atoms with Crippen molar-refractivity contribution in [3.63, 3.8) is 0 Å². The number of ether oxygens (including phenoxy) is 3. The topological polar surface area (TPSA) is 70.8 Å². The molecule has 18 heavy (non-hydrogen) atoms. The molecule has 0 aliphatic heterocycles. The first-order valence-corrected chi connectivity index (χ1v) is 5.58. The molecule has 0 aromatic heterocycles. The SMILES string of the molecule is COCOc1ccc(N)cc1C(=O)OC(C)(C)C. The highest BCUT2D eigenvalue weighted by molar-refractivity contribution is 5.93. The Morgan fingerprint density at radius 1 is 1.33 bits per heavy atom. The number of esters is 1. The van der Waals surface area contributed by atoms with Gasteiger partial charge in [0.1, 0.15) is 16.9 Å². The molecule has 0 aliphatic rings. The molecule has 0 amide bonds. The third kappa shape index (κ3) is 4.25. The molecule has 0 heterocycles. The summed E-state index contributed by atoms with van der Waals surface area (Å²) in [7, 11) is 1.50. The molecule has 0 unspecified atom stereocenters. The van der Waals surface area contributed by atoms with Gasteiger partial charge in [-0.3, -0.25) is 0 Å². The van der Waals surface area contributed by atoms with Crippen LogP contribution in [-0.2, 0) is 9.47 Å². The van der Waals surface area contributed by atoms with Crippen LogP contribution in [0, 0.1) is 0 Å². The normalized spacial score (nSPS) is 11.1. The van der Waals surface area contributed by atoms with Crippen molar-refractivity contribution in [2.24, 2.45) is 0 Å². The summed E-state index contributed by atoms with van der Waals surface area (Å²) in [6, 6.07) is 4.80. The monoisotopic (exact) mass is 253 g/mol. The van der Waals surface area contributed by atoms with Crippen molar-refractivity contribution in [2.75, 3.05) is 19.6 Å². The van der Waals surface area contributed by atoms with Gasteiger partial charge in [0.25, 0.3) is 0 Å². The molecule has 0 aliphatic carbocycles. The average molecular weight is 253 g/mol. The van der Waals surface area contributed by atoms with Crippen molar-refractivity contribution < 1.29 is 19.0 Å². The first-order chi connectivity index (χ1) is 8.33. The van der Waals surface area contributed by atoms with E-state index in [1.807, 2.05) is 0 Å². The fraction of sp³-hybridized carbons (Fsp3) is 0.462. The van der Waals surface area contributed by atoms with Crippen molar-refractivity contribution in [3.8, 4) is 5.75 Å². The molecule has 0 saturated carbocycles. The lowest BCUT2D eigenvalue weighted by Gasteiger charge is -2.20. The van der Waals surface area contributed by atoms with Crippen LogP contribution in [-0.4, -0.2) is 25.5 Å². The van der Waals surface area contributed by atoms with Crippen LogP contribution in [0.25, 0.3) is 0 Å². The highest BCUT2D eigenvalue weighted by atomic mass is 16.7. The molecule has 0 fully saturated rings. The minimum absolute atomic E-state index is 0.0553. The Morgan fingerprint density at radius 2 is 2.00 bits per heavy atom. The van der Waals surface area contributed by atoms with E-state index in [1.54, 1.807) is 32.9 Å². The molecule has 2 N–H and O–H groups in total. The molecule has 1 aromatic rings. The van der Waals surface area contributed by atoms with Crippen molar-refractivity contribution in [2.45, 2.75) is 26.4 Å². The van der Waals surface area contributed by atoms with E-state index in [-0.39, 0.29) is 6.79 Å². The Kier molecular flexibility index (Phi) is 4.55. The molecule has 5 nitrogen and oxygen atoms in total. The molecule has 0 radical (unpaired) electrons. The number of carbonyl (C=O) groups is 1. The van der Waals surface area contributed by atoms with Crippen LogP contribution in [0.4, 0.5) is 5.69 Å². The number of rotatable bonds is 4. The Morgan fingerprint density at radius 3 is 2.56 bits per heavy atom. The maximum absolute atomic E-state index is 12.0. The Labute approximate surface area is 107 Å². The van der Waals surface area contributed by atoms with Crippen molar-refractivity contribution in [1.82, 2.24) is 0 Å². The van der Waals surface area contributed by atoms with Gasteiger partial charge in [0.05, 0.1) is 0 Å². The summed E-state index contributed by atoms with van der Waals surface area (Å²) in [6.45, 7) is 5.45. The molecule has 0 spiro atoms. The maximum atomic E-state index is 12.0. The smallest absolute Gasteiger partial charge is 0.342 e. The zero-order chi connectivity index (χ0) is 13.8. The largest absolute Gasteiger partial charge is 0.467 e. The van der Waals surface area contributed by atoms with Gasteiger partial charge >= 0.3 is 5.97 Å². The van der Waals surface area contributed by atoms with Gasteiger partial charge < -0.3 is 19.9 Å². The fourth-order valence-electron chi connectivity index (χ4n) is 1.29. The van der Waals surface area contributed by atoms with Gasteiger partial charge in [-0.05, 0) is 39.0 Å². The quantitative estimate of drug-likeness (QED) is 0.506. The van der Waals surface area contributed by atoms with Crippen LogP contribution in [0.5, 0.6) is 5.75 Å². The minimum Gasteiger partial charge on any atom is -0.467 e. The zero-order valence-electron chi connectivity index (χ0n) is 11.1. The summed E-state index contributed by atoms with van der Waals surface area (Å²) in [5, 5.41) is 0.